The van der Waals surface area contributed by atoms with Crippen molar-refractivity contribution in [2.24, 2.45) is 4.99 Å². The van der Waals surface area contributed by atoms with Crippen molar-refractivity contribution >= 4 is 16.0 Å². The summed E-state index contributed by atoms with van der Waals surface area (Å²) in [5.74, 6) is 1.48. The Kier molecular flexibility index (Phi) is 8.48. The van der Waals surface area contributed by atoms with Gasteiger partial charge in [0.1, 0.15) is 5.75 Å². The molecule has 2 aromatic carbocycles. The maximum absolute atomic E-state index is 12.5. The molecule has 0 saturated heterocycles. The monoisotopic (exact) mass is 418 g/mol. The number of guanidine groups is 1. The first-order valence-corrected chi connectivity index (χ1v) is 11.0. The lowest BCUT2D eigenvalue weighted by Gasteiger charge is -2.14. The van der Waals surface area contributed by atoms with Gasteiger partial charge in [-0.2, -0.15) is 0 Å². The third-order valence-corrected chi connectivity index (χ3v) is 6.05. The van der Waals surface area contributed by atoms with Crippen LogP contribution in [0.4, 0.5) is 0 Å². The number of hydrogen-bond donors (Lipinski definition) is 3. The largest absolute Gasteiger partial charge is 0.496 e. The quantitative estimate of drug-likeness (QED) is 0.329. The Morgan fingerprint density at radius 2 is 1.76 bits per heavy atom. The summed E-state index contributed by atoms with van der Waals surface area (Å²) < 4.78 is 33.0. The van der Waals surface area contributed by atoms with Crippen LogP contribution >= 0.6 is 0 Å². The third kappa shape index (κ3) is 6.76. The lowest BCUT2D eigenvalue weighted by Crippen LogP contribution is -2.42. The molecule has 29 heavy (non-hydrogen) atoms. The molecule has 2 rings (SSSR count). The van der Waals surface area contributed by atoms with Gasteiger partial charge in [-0.15, -0.1) is 0 Å². The molecule has 0 aliphatic heterocycles. The lowest BCUT2D eigenvalue weighted by molar-refractivity contribution is 0.409. The summed E-state index contributed by atoms with van der Waals surface area (Å²) >= 11 is 0. The number of aryl methyl sites for hydroxylation is 2. The fourth-order valence-electron chi connectivity index (χ4n) is 2.89. The Bertz CT molecular complexity index is 943. The van der Waals surface area contributed by atoms with Crippen LogP contribution in [-0.4, -0.2) is 48.2 Å². The van der Waals surface area contributed by atoms with E-state index in [1.807, 2.05) is 43.3 Å². The number of nitrogens with zero attached hydrogens (tertiary/aromatic N) is 1. The Labute approximate surface area is 173 Å². The predicted octanol–water partition coefficient (Wildman–Crippen LogP) is 2.00. The second kappa shape index (κ2) is 10.8. The van der Waals surface area contributed by atoms with Gasteiger partial charge in [0.25, 0.3) is 0 Å². The highest BCUT2D eigenvalue weighted by atomic mass is 32.2. The van der Waals surface area contributed by atoms with Gasteiger partial charge in [0.05, 0.1) is 12.0 Å². The number of methoxy groups -OCH3 is 1. The average molecular weight is 419 g/mol. The smallest absolute Gasteiger partial charge is 0.240 e. The zero-order chi connectivity index (χ0) is 21.3. The minimum absolute atomic E-state index is 0.253. The van der Waals surface area contributed by atoms with Gasteiger partial charge in [0.15, 0.2) is 5.96 Å². The van der Waals surface area contributed by atoms with Gasteiger partial charge < -0.3 is 15.4 Å². The lowest BCUT2D eigenvalue weighted by atomic mass is 10.1. The number of ether oxygens (including phenoxy) is 1. The van der Waals surface area contributed by atoms with E-state index >= 15 is 0 Å². The standard InChI is InChI=1S/C21H30N4O3S/c1-16-9-10-17(2)20(15-16)29(26,27)25-14-13-24-21(22-3)23-12-11-18-7-5-6-8-19(18)28-4/h5-10,15,25H,11-14H2,1-4H3,(H2,22,23,24). The highest BCUT2D eigenvalue weighted by molar-refractivity contribution is 7.89. The zero-order valence-corrected chi connectivity index (χ0v) is 18.3. The number of rotatable bonds is 9. The Morgan fingerprint density at radius 3 is 2.48 bits per heavy atom. The van der Waals surface area contributed by atoms with Crippen LogP contribution in [0.15, 0.2) is 52.4 Å². The number of aliphatic imine (C=N–C) groups is 1. The van der Waals surface area contributed by atoms with Crippen LogP contribution in [0.3, 0.4) is 0 Å². The van der Waals surface area contributed by atoms with Gasteiger partial charge in [-0.3, -0.25) is 4.99 Å². The molecule has 0 unspecified atom stereocenters. The number of sulfonamides is 1. The average Bonchev–Trinajstić information content (AvgIpc) is 2.71. The van der Waals surface area contributed by atoms with E-state index in [1.54, 1.807) is 27.1 Å². The third-order valence-electron chi connectivity index (χ3n) is 4.45. The molecule has 0 radical (unpaired) electrons. The van der Waals surface area contributed by atoms with Crippen molar-refractivity contribution in [1.82, 2.24) is 15.4 Å². The second-order valence-electron chi connectivity index (χ2n) is 6.65. The first kappa shape index (κ1) is 22.7. The SMILES string of the molecule is CN=C(NCCNS(=O)(=O)c1cc(C)ccc1C)NCCc1ccccc1OC. The molecule has 0 spiro atoms. The first-order chi connectivity index (χ1) is 13.9. The number of nitrogens with one attached hydrogen (secondary N) is 3. The van der Waals surface area contributed by atoms with Crippen LogP contribution in [0.25, 0.3) is 0 Å². The molecule has 0 atom stereocenters. The van der Waals surface area contributed by atoms with Crippen LogP contribution < -0.4 is 20.1 Å². The highest BCUT2D eigenvalue weighted by Gasteiger charge is 2.16. The molecule has 0 aliphatic carbocycles. The molecule has 0 heterocycles. The summed E-state index contributed by atoms with van der Waals surface area (Å²) in [5.41, 5.74) is 2.75. The highest BCUT2D eigenvalue weighted by Crippen LogP contribution is 2.17. The Balaban J connectivity index is 1.79. The van der Waals surface area contributed by atoms with Crippen molar-refractivity contribution in [2.75, 3.05) is 33.8 Å². The number of benzene rings is 2. The molecule has 0 bridgehead atoms. The van der Waals surface area contributed by atoms with E-state index in [9.17, 15) is 8.42 Å². The number of para-hydroxylation sites is 1. The molecular weight excluding hydrogens is 388 g/mol. The minimum atomic E-state index is -3.54. The van der Waals surface area contributed by atoms with Crippen molar-refractivity contribution in [3.63, 3.8) is 0 Å². The number of hydrogen-bond acceptors (Lipinski definition) is 4. The Morgan fingerprint density at radius 1 is 1.03 bits per heavy atom. The summed E-state index contributed by atoms with van der Waals surface area (Å²) in [5, 5.41) is 6.34. The van der Waals surface area contributed by atoms with E-state index in [0.29, 0.717) is 23.9 Å². The zero-order valence-electron chi connectivity index (χ0n) is 17.5. The summed E-state index contributed by atoms with van der Waals surface area (Å²) in [6.45, 7) is 5.01. The van der Waals surface area contributed by atoms with Gasteiger partial charge in [0, 0.05) is 26.7 Å². The van der Waals surface area contributed by atoms with E-state index in [2.05, 4.69) is 20.3 Å². The van der Waals surface area contributed by atoms with Crippen LogP contribution in [0.5, 0.6) is 5.75 Å². The molecular formula is C21H30N4O3S. The minimum Gasteiger partial charge on any atom is -0.496 e. The first-order valence-electron chi connectivity index (χ1n) is 9.50. The fourth-order valence-corrected chi connectivity index (χ4v) is 4.25. The van der Waals surface area contributed by atoms with E-state index in [1.165, 1.54) is 0 Å². The van der Waals surface area contributed by atoms with Gasteiger partial charge >= 0.3 is 0 Å². The molecule has 158 valence electrons. The van der Waals surface area contributed by atoms with E-state index in [4.69, 9.17) is 4.74 Å². The molecule has 8 heteroatoms. The van der Waals surface area contributed by atoms with E-state index in [0.717, 1.165) is 28.9 Å². The van der Waals surface area contributed by atoms with Crippen LogP contribution in [0.2, 0.25) is 0 Å². The summed E-state index contributed by atoms with van der Waals surface area (Å²) in [7, 11) is -0.205. The maximum atomic E-state index is 12.5. The molecule has 0 aliphatic rings. The van der Waals surface area contributed by atoms with Gasteiger partial charge in [-0.1, -0.05) is 30.3 Å². The van der Waals surface area contributed by atoms with Gasteiger partial charge in [-0.25, -0.2) is 13.1 Å². The maximum Gasteiger partial charge on any atom is 0.240 e. The predicted molar refractivity (Wildman–Crippen MR) is 117 cm³/mol. The van der Waals surface area contributed by atoms with Crippen LogP contribution in [0.1, 0.15) is 16.7 Å². The molecule has 0 aromatic heterocycles. The van der Waals surface area contributed by atoms with Crippen molar-refractivity contribution in [3.05, 3.63) is 59.2 Å². The summed E-state index contributed by atoms with van der Waals surface area (Å²) in [4.78, 5) is 4.48. The fraction of sp³-hybridized carbons (Fsp3) is 0.381. The molecule has 2 aromatic rings. The van der Waals surface area contributed by atoms with Gasteiger partial charge in [-0.05, 0) is 49.1 Å². The van der Waals surface area contributed by atoms with Crippen molar-refractivity contribution in [1.29, 1.82) is 0 Å². The Hall–Kier alpha value is -2.58. The van der Waals surface area contributed by atoms with E-state index in [-0.39, 0.29) is 6.54 Å². The van der Waals surface area contributed by atoms with Gasteiger partial charge in [0.2, 0.25) is 10.0 Å². The van der Waals surface area contributed by atoms with Crippen LogP contribution in [-0.2, 0) is 16.4 Å². The molecule has 7 nitrogen and oxygen atoms in total. The van der Waals surface area contributed by atoms with Crippen molar-refractivity contribution in [3.8, 4) is 5.75 Å². The van der Waals surface area contributed by atoms with Crippen molar-refractivity contribution < 1.29 is 13.2 Å². The summed E-state index contributed by atoms with van der Waals surface area (Å²) in [6.07, 6.45) is 0.782. The topological polar surface area (TPSA) is 91.8 Å². The van der Waals surface area contributed by atoms with E-state index < -0.39 is 10.0 Å². The molecule has 0 amide bonds. The van der Waals surface area contributed by atoms with Crippen LogP contribution in [0, 0.1) is 13.8 Å². The normalized spacial score (nSPS) is 11.9. The molecule has 3 N–H and O–H groups in total. The molecule has 0 fully saturated rings. The molecule has 0 saturated carbocycles. The summed E-state index contributed by atoms with van der Waals surface area (Å²) in [6, 6.07) is 13.3. The van der Waals surface area contributed by atoms with Crippen molar-refractivity contribution in [2.45, 2.75) is 25.2 Å². The second-order valence-corrected chi connectivity index (χ2v) is 8.39.